The van der Waals surface area contributed by atoms with Crippen LogP contribution in [0.2, 0.25) is 0 Å². The molecule has 1 amide bonds. The molecule has 4 heterocycles. The van der Waals surface area contributed by atoms with Crippen LogP contribution in [0, 0.1) is 17.7 Å². The van der Waals surface area contributed by atoms with Crippen LogP contribution in [0.1, 0.15) is 37.7 Å². The van der Waals surface area contributed by atoms with E-state index < -0.39 is 6.10 Å². The molecule has 6 atom stereocenters. The summed E-state index contributed by atoms with van der Waals surface area (Å²) < 4.78 is 13.8. The molecule has 2 N–H and O–H groups in total. The second kappa shape index (κ2) is 10.3. The van der Waals surface area contributed by atoms with E-state index in [-0.39, 0.29) is 42.6 Å². The Bertz CT molecular complexity index is 770. The first kappa shape index (κ1) is 24.7. The largest absolute Gasteiger partial charge is 0.392 e. The minimum absolute atomic E-state index is 0. The van der Waals surface area contributed by atoms with Gasteiger partial charge in [-0.15, -0.1) is 24.8 Å². The maximum absolute atomic E-state index is 13.8. The van der Waals surface area contributed by atoms with Gasteiger partial charge in [-0.2, -0.15) is 0 Å². The van der Waals surface area contributed by atoms with Gasteiger partial charge in [0.2, 0.25) is 5.91 Å². The van der Waals surface area contributed by atoms with Crippen LogP contribution in [0.25, 0.3) is 0 Å². The SMILES string of the molecule is Cl.Cl.O=C([C@H]1C[C@@H](O)CN1)N1C[C@H]2C[C@@H](C1)[C@H](Cc1cccc(F)c1)N1CCCC[C@@H]21. The lowest BCUT2D eigenvalue weighted by atomic mass is 9.71. The van der Waals surface area contributed by atoms with E-state index in [1.165, 1.54) is 31.7 Å². The first-order chi connectivity index (χ1) is 14.1. The number of hydrogen-bond donors (Lipinski definition) is 2. The third-order valence-electron chi connectivity index (χ3n) is 7.67. The number of piperidine rings is 3. The number of nitrogens with zero attached hydrogens (tertiary/aromatic N) is 2. The van der Waals surface area contributed by atoms with E-state index in [2.05, 4.69) is 15.1 Å². The predicted octanol–water partition coefficient (Wildman–Crippen LogP) is 2.64. The molecule has 0 aromatic heterocycles. The maximum atomic E-state index is 13.8. The van der Waals surface area contributed by atoms with Gasteiger partial charge in [-0.3, -0.25) is 9.69 Å². The zero-order chi connectivity index (χ0) is 20.0. The normalized spacial score (nSPS) is 35.0. The Kier molecular flexibility index (Phi) is 8.25. The summed E-state index contributed by atoms with van der Waals surface area (Å²) in [7, 11) is 0. The van der Waals surface area contributed by atoms with Gasteiger partial charge >= 0.3 is 0 Å². The fourth-order valence-electron chi connectivity index (χ4n) is 6.40. The zero-order valence-electron chi connectivity index (χ0n) is 17.8. The van der Waals surface area contributed by atoms with E-state index in [4.69, 9.17) is 0 Å². The molecule has 8 heteroatoms. The van der Waals surface area contributed by atoms with Crippen LogP contribution in [0.3, 0.4) is 0 Å². The summed E-state index contributed by atoms with van der Waals surface area (Å²) in [6, 6.07) is 7.68. The number of fused-ring (bicyclic) bond motifs is 4. The number of aliphatic hydroxyl groups is 1. The highest BCUT2D eigenvalue weighted by atomic mass is 35.5. The molecule has 5 nitrogen and oxygen atoms in total. The Labute approximate surface area is 196 Å². The Morgan fingerprint density at radius 1 is 1.16 bits per heavy atom. The average Bonchev–Trinajstić information content (AvgIpc) is 3.17. The molecule has 2 bridgehead atoms. The van der Waals surface area contributed by atoms with E-state index >= 15 is 0 Å². The summed E-state index contributed by atoms with van der Waals surface area (Å²) >= 11 is 0. The maximum Gasteiger partial charge on any atom is 0.239 e. The van der Waals surface area contributed by atoms with E-state index in [0.29, 0.717) is 36.9 Å². The van der Waals surface area contributed by atoms with Crippen molar-refractivity contribution in [2.45, 2.75) is 62.8 Å². The van der Waals surface area contributed by atoms with Crippen molar-refractivity contribution in [2.24, 2.45) is 11.8 Å². The van der Waals surface area contributed by atoms with Gasteiger partial charge in [0.05, 0.1) is 12.1 Å². The fraction of sp³-hybridized carbons (Fsp3) is 0.696. The van der Waals surface area contributed by atoms with Crippen molar-refractivity contribution < 1.29 is 14.3 Å². The van der Waals surface area contributed by atoms with E-state index in [9.17, 15) is 14.3 Å². The second-order valence-corrected chi connectivity index (χ2v) is 9.55. The Morgan fingerprint density at radius 2 is 1.97 bits per heavy atom. The molecule has 0 saturated carbocycles. The van der Waals surface area contributed by atoms with Gasteiger partial charge in [-0.25, -0.2) is 4.39 Å². The van der Waals surface area contributed by atoms with E-state index in [1.807, 2.05) is 6.07 Å². The quantitative estimate of drug-likeness (QED) is 0.708. The number of benzene rings is 1. The summed E-state index contributed by atoms with van der Waals surface area (Å²) in [5.41, 5.74) is 1.06. The van der Waals surface area contributed by atoms with Crippen LogP contribution in [-0.2, 0) is 11.2 Å². The standard InChI is InChI=1S/C23H32FN3O2.2ClH/c24-18-5-3-4-15(8-18)9-22-17-10-16(21-6-1-2-7-27(21)22)13-26(14-17)23(29)20-11-19(28)12-25-20;;/h3-5,8,16-17,19-22,25,28H,1-2,6-7,9-14H2;2*1H/t16-,17+,19-,20-,21+,22+;;/m1../s1. The lowest BCUT2D eigenvalue weighted by molar-refractivity contribution is -0.142. The molecule has 0 aliphatic carbocycles. The van der Waals surface area contributed by atoms with Crippen LogP contribution < -0.4 is 5.32 Å². The number of halogens is 3. The number of aliphatic hydroxyl groups excluding tert-OH is 1. The number of nitrogens with one attached hydrogen (secondary N) is 1. The van der Waals surface area contributed by atoms with Crippen molar-refractivity contribution in [3.8, 4) is 0 Å². The van der Waals surface area contributed by atoms with Gasteiger partial charge in [0, 0.05) is 31.7 Å². The summed E-state index contributed by atoms with van der Waals surface area (Å²) in [5, 5.41) is 13.0. The number of hydrogen-bond acceptors (Lipinski definition) is 4. The van der Waals surface area contributed by atoms with Crippen molar-refractivity contribution in [3.05, 3.63) is 35.6 Å². The highest BCUT2D eigenvalue weighted by Crippen LogP contribution is 2.42. The molecular formula is C23H34Cl2FN3O2. The van der Waals surface area contributed by atoms with Crippen molar-refractivity contribution in [1.82, 2.24) is 15.1 Å². The molecule has 1 aromatic carbocycles. The minimum Gasteiger partial charge on any atom is -0.392 e. The average molecular weight is 474 g/mol. The predicted molar refractivity (Wildman–Crippen MR) is 123 cm³/mol. The van der Waals surface area contributed by atoms with Gasteiger partial charge < -0.3 is 15.3 Å². The van der Waals surface area contributed by atoms with Crippen LogP contribution in [0.4, 0.5) is 4.39 Å². The van der Waals surface area contributed by atoms with Crippen LogP contribution in [-0.4, -0.2) is 71.2 Å². The van der Waals surface area contributed by atoms with Crippen LogP contribution in [0.15, 0.2) is 24.3 Å². The van der Waals surface area contributed by atoms with Crippen molar-refractivity contribution in [1.29, 1.82) is 0 Å². The number of carbonyl (C=O) groups excluding carboxylic acids is 1. The third kappa shape index (κ3) is 5.03. The zero-order valence-corrected chi connectivity index (χ0v) is 19.4. The summed E-state index contributed by atoms with van der Waals surface area (Å²) in [6.45, 7) is 3.27. The van der Waals surface area contributed by atoms with Crippen LogP contribution >= 0.6 is 24.8 Å². The van der Waals surface area contributed by atoms with Crippen LogP contribution in [0.5, 0.6) is 0 Å². The van der Waals surface area contributed by atoms with Gasteiger partial charge in [-0.05, 0) is 68.2 Å². The fourth-order valence-corrected chi connectivity index (χ4v) is 6.40. The molecule has 4 aliphatic rings. The van der Waals surface area contributed by atoms with E-state index in [0.717, 1.165) is 31.6 Å². The van der Waals surface area contributed by atoms with Gasteiger partial charge in [-0.1, -0.05) is 18.6 Å². The molecule has 4 aliphatic heterocycles. The van der Waals surface area contributed by atoms with Crippen molar-refractivity contribution in [3.63, 3.8) is 0 Å². The molecule has 174 valence electrons. The van der Waals surface area contributed by atoms with Crippen molar-refractivity contribution >= 4 is 30.7 Å². The number of amides is 1. The topological polar surface area (TPSA) is 55.8 Å². The molecular weight excluding hydrogens is 440 g/mol. The third-order valence-corrected chi connectivity index (χ3v) is 7.67. The lowest BCUT2D eigenvalue weighted by Gasteiger charge is -2.57. The Balaban J connectivity index is 0.00000136. The van der Waals surface area contributed by atoms with Gasteiger partial charge in [0.15, 0.2) is 0 Å². The number of rotatable bonds is 3. The summed E-state index contributed by atoms with van der Waals surface area (Å²) in [6.07, 6.45) is 5.84. The van der Waals surface area contributed by atoms with Crippen molar-refractivity contribution in [2.75, 3.05) is 26.2 Å². The summed E-state index contributed by atoms with van der Waals surface area (Å²) in [5.74, 6) is 0.956. The smallest absolute Gasteiger partial charge is 0.239 e. The Morgan fingerprint density at radius 3 is 2.71 bits per heavy atom. The molecule has 0 unspecified atom stereocenters. The lowest BCUT2D eigenvalue weighted by Crippen LogP contribution is -2.65. The van der Waals surface area contributed by atoms with E-state index in [1.54, 1.807) is 12.1 Å². The highest BCUT2D eigenvalue weighted by molar-refractivity contribution is 5.85. The molecule has 5 rings (SSSR count). The second-order valence-electron chi connectivity index (χ2n) is 9.55. The molecule has 0 spiro atoms. The van der Waals surface area contributed by atoms with Gasteiger partial charge in [0.1, 0.15) is 5.82 Å². The molecule has 31 heavy (non-hydrogen) atoms. The van der Waals surface area contributed by atoms with Gasteiger partial charge in [0.25, 0.3) is 0 Å². The first-order valence-electron chi connectivity index (χ1n) is 11.3. The molecule has 0 radical (unpaired) electrons. The number of likely N-dealkylation sites (tertiary alicyclic amines) is 1. The number of β-amino-alcohol motifs (C(OH)–C–C–N with tert-alkyl or cyclic N) is 1. The molecule has 4 fully saturated rings. The minimum atomic E-state index is -0.414. The molecule has 4 saturated heterocycles. The number of carbonyl (C=O) groups is 1. The monoisotopic (exact) mass is 473 g/mol. The first-order valence-corrected chi connectivity index (χ1v) is 11.3. The Hall–Kier alpha value is -0.920. The summed E-state index contributed by atoms with van der Waals surface area (Å²) in [4.78, 5) is 17.9. The molecule has 1 aromatic rings. The highest BCUT2D eigenvalue weighted by Gasteiger charge is 2.48.